The Kier molecular flexibility index (Phi) is 13.4. The smallest absolute Gasteiger partial charge is 0.134 e. The summed E-state index contributed by atoms with van der Waals surface area (Å²) in [5.41, 5.74) is 5.92. The summed E-state index contributed by atoms with van der Waals surface area (Å²) in [7, 11) is 0. The molecule has 0 aliphatic heterocycles. The summed E-state index contributed by atoms with van der Waals surface area (Å²) in [4.78, 5) is 11.7. The van der Waals surface area contributed by atoms with Gasteiger partial charge in [0.2, 0.25) is 0 Å². The van der Waals surface area contributed by atoms with Crippen LogP contribution in [0, 0.1) is 5.92 Å². The van der Waals surface area contributed by atoms with Crippen molar-refractivity contribution in [2.45, 2.75) is 104 Å². The van der Waals surface area contributed by atoms with Crippen LogP contribution < -0.4 is 5.73 Å². The van der Waals surface area contributed by atoms with Gasteiger partial charge in [0.15, 0.2) is 0 Å². The molecular weight excluding hydrogens is 246 g/mol. The molecule has 120 valence electrons. The molecule has 1 atom stereocenters. The molecular formula is C18H37NO. The molecule has 0 aromatic rings. The van der Waals surface area contributed by atoms with E-state index in [1.54, 1.807) is 0 Å². The molecule has 0 bridgehead atoms. The Morgan fingerprint density at radius 1 is 0.850 bits per heavy atom. The van der Waals surface area contributed by atoms with Gasteiger partial charge in [0.25, 0.3) is 0 Å². The van der Waals surface area contributed by atoms with Gasteiger partial charge in [0.1, 0.15) is 5.78 Å². The summed E-state index contributed by atoms with van der Waals surface area (Å²) in [5, 5.41) is 0. The normalized spacial score (nSPS) is 12.8. The third kappa shape index (κ3) is 12.7. The second-order valence-electron chi connectivity index (χ2n) is 6.58. The standard InChI is InChI=1S/C18H37NO/c1-4-5-6-7-8-9-10-11-12-13-14-17(20)15-18(19)16(2)3/h16,18H,4-15,19H2,1-3H3. The maximum absolute atomic E-state index is 11.7. The highest BCUT2D eigenvalue weighted by Gasteiger charge is 2.12. The van der Waals surface area contributed by atoms with Crippen LogP contribution in [-0.2, 0) is 4.79 Å². The van der Waals surface area contributed by atoms with E-state index in [1.165, 1.54) is 57.8 Å². The molecule has 0 heterocycles. The predicted molar refractivity (Wildman–Crippen MR) is 88.9 cm³/mol. The highest BCUT2D eigenvalue weighted by Crippen LogP contribution is 2.12. The maximum atomic E-state index is 11.7. The lowest BCUT2D eigenvalue weighted by atomic mass is 9.97. The number of rotatable bonds is 14. The monoisotopic (exact) mass is 283 g/mol. The van der Waals surface area contributed by atoms with Crippen molar-refractivity contribution in [2.75, 3.05) is 0 Å². The number of unbranched alkanes of at least 4 members (excludes halogenated alkanes) is 9. The van der Waals surface area contributed by atoms with Crippen molar-refractivity contribution in [2.24, 2.45) is 11.7 Å². The van der Waals surface area contributed by atoms with Gasteiger partial charge in [0, 0.05) is 18.9 Å². The fourth-order valence-electron chi connectivity index (χ4n) is 2.41. The van der Waals surface area contributed by atoms with Crippen molar-refractivity contribution in [3.05, 3.63) is 0 Å². The van der Waals surface area contributed by atoms with Gasteiger partial charge >= 0.3 is 0 Å². The zero-order valence-corrected chi connectivity index (χ0v) is 14.1. The van der Waals surface area contributed by atoms with Crippen molar-refractivity contribution in [3.8, 4) is 0 Å². The van der Waals surface area contributed by atoms with Gasteiger partial charge in [-0.15, -0.1) is 0 Å². The molecule has 2 N–H and O–H groups in total. The molecule has 2 nitrogen and oxygen atoms in total. The van der Waals surface area contributed by atoms with E-state index < -0.39 is 0 Å². The number of carbonyl (C=O) groups excluding carboxylic acids is 1. The lowest BCUT2D eigenvalue weighted by Gasteiger charge is -2.14. The molecule has 0 rings (SSSR count). The minimum Gasteiger partial charge on any atom is -0.327 e. The number of ketones is 1. The van der Waals surface area contributed by atoms with Crippen molar-refractivity contribution in [3.63, 3.8) is 0 Å². The number of hydrogen-bond acceptors (Lipinski definition) is 2. The van der Waals surface area contributed by atoms with Crippen LogP contribution >= 0.6 is 0 Å². The second-order valence-corrected chi connectivity index (χ2v) is 6.58. The average molecular weight is 284 g/mol. The van der Waals surface area contributed by atoms with E-state index in [4.69, 9.17) is 5.73 Å². The van der Waals surface area contributed by atoms with Crippen molar-refractivity contribution < 1.29 is 4.79 Å². The summed E-state index contributed by atoms with van der Waals surface area (Å²) in [6, 6.07) is 0.0469. The molecule has 0 saturated carbocycles. The van der Waals surface area contributed by atoms with Gasteiger partial charge in [-0.25, -0.2) is 0 Å². The lowest BCUT2D eigenvalue weighted by molar-refractivity contribution is -0.119. The quantitative estimate of drug-likeness (QED) is 0.443. The number of hydrogen-bond donors (Lipinski definition) is 1. The van der Waals surface area contributed by atoms with Crippen molar-refractivity contribution >= 4 is 5.78 Å². The third-order valence-corrected chi connectivity index (χ3v) is 4.13. The Bertz CT molecular complexity index is 225. The number of carbonyl (C=O) groups is 1. The second kappa shape index (κ2) is 13.6. The zero-order valence-electron chi connectivity index (χ0n) is 14.1. The van der Waals surface area contributed by atoms with Crippen LogP contribution in [0.4, 0.5) is 0 Å². The first-order valence-electron chi connectivity index (χ1n) is 8.85. The van der Waals surface area contributed by atoms with E-state index in [-0.39, 0.29) is 6.04 Å². The molecule has 0 spiro atoms. The molecule has 0 aromatic carbocycles. The number of nitrogens with two attached hydrogens (primary N) is 1. The van der Waals surface area contributed by atoms with Crippen LogP contribution in [0.3, 0.4) is 0 Å². The van der Waals surface area contributed by atoms with E-state index in [9.17, 15) is 4.79 Å². The Morgan fingerprint density at radius 3 is 1.75 bits per heavy atom. The first kappa shape index (κ1) is 19.6. The van der Waals surface area contributed by atoms with E-state index in [2.05, 4.69) is 20.8 Å². The molecule has 0 aliphatic carbocycles. The van der Waals surface area contributed by atoms with Crippen LogP contribution in [0.15, 0.2) is 0 Å². The molecule has 0 fully saturated rings. The summed E-state index contributed by atoms with van der Waals surface area (Å²) < 4.78 is 0. The molecule has 0 aromatic heterocycles. The van der Waals surface area contributed by atoms with Crippen LogP contribution in [0.1, 0.15) is 97.8 Å². The van der Waals surface area contributed by atoms with Gasteiger partial charge in [-0.05, 0) is 12.3 Å². The van der Waals surface area contributed by atoms with Crippen LogP contribution in [-0.4, -0.2) is 11.8 Å². The minimum atomic E-state index is 0.0469. The topological polar surface area (TPSA) is 43.1 Å². The number of Topliss-reactive ketones (excluding diaryl/α,β-unsaturated/α-hetero) is 1. The molecule has 1 unspecified atom stereocenters. The molecule has 0 aliphatic rings. The van der Waals surface area contributed by atoms with Crippen molar-refractivity contribution in [1.82, 2.24) is 0 Å². The molecule has 0 saturated heterocycles. The molecule has 2 heteroatoms. The summed E-state index contributed by atoms with van der Waals surface area (Å²) in [5.74, 6) is 0.762. The van der Waals surface area contributed by atoms with Gasteiger partial charge in [-0.1, -0.05) is 78.6 Å². The zero-order chi connectivity index (χ0) is 15.2. The van der Waals surface area contributed by atoms with Gasteiger partial charge in [0.05, 0.1) is 0 Å². The van der Waals surface area contributed by atoms with E-state index in [0.717, 1.165) is 12.8 Å². The SMILES string of the molecule is CCCCCCCCCCCCC(=O)CC(N)C(C)C. The first-order valence-corrected chi connectivity index (χ1v) is 8.85. The van der Waals surface area contributed by atoms with Gasteiger partial charge < -0.3 is 5.73 Å². The molecule has 0 amide bonds. The Morgan fingerprint density at radius 2 is 1.30 bits per heavy atom. The van der Waals surface area contributed by atoms with Gasteiger partial charge in [-0.2, -0.15) is 0 Å². The van der Waals surface area contributed by atoms with E-state index in [0.29, 0.717) is 18.1 Å². The summed E-state index contributed by atoms with van der Waals surface area (Å²) >= 11 is 0. The lowest BCUT2D eigenvalue weighted by Crippen LogP contribution is -2.29. The van der Waals surface area contributed by atoms with Crippen molar-refractivity contribution in [1.29, 1.82) is 0 Å². The minimum absolute atomic E-state index is 0.0469. The Labute approximate surface area is 126 Å². The maximum Gasteiger partial charge on any atom is 0.134 e. The van der Waals surface area contributed by atoms with E-state index in [1.807, 2.05) is 0 Å². The highest BCUT2D eigenvalue weighted by molar-refractivity contribution is 5.78. The summed E-state index contributed by atoms with van der Waals surface area (Å²) in [6.07, 6.45) is 14.5. The van der Waals surface area contributed by atoms with Crippen LogP contribution in [0.5, 0.6) is 0 Å². The fourth-order valence-corrected chi connectivity index (χ4v) is 2.41. The summed E-state index contributed by atoms with van der Waals surface area (Å²) in [6.45, 7) is 6.42. The predicted octanol–water partition coefficient (Wildman–Crippen LogP) is 5.24. The molecule has 0 radical (unpaired) electrons. The Balaban J connectivity index is 3.25. The Hall–Kier alpha value is -0.370. The first-order chi connectivity index (χ1) is 9.57. The highest BCUT2D eigenvalue weighted by atomic mass is 16.1. The molecule has 20 heavy (non-hydrogen) atoms. The van der Waals surface area contributed by atoms with E-state index >= 15 is 0 Å². The average Bonchev–Trinajstić information content (AvgIpc) is 2.40. The third-order valence-electron chi connectivity index (χ3n) is 4.13. The van der Waals surface area contributed by atoms with Gasteiger partial charge in [-0.3, -0.25) is 4.79 Å². The van der Waals surface area contributed by atoms with Crippen LogP contribution in [0.2, 0.25) is 0 Å². The fraction of sp³-hybridized carbons (Fsp3) is 0.944. The van der Waals surface area contributed by atoms with Crippen LogP contribution in [0.25, 0.3) is 0 Å². The largest absolute Gasteiger partial charge is 0.327 e.